The number of amides is 1. The van der Waals surface area contributed by atoms with E-state index in [1.807, 2.05) is 0 Å². The Hall–Kier alpha value is -2.00. The van der Waals surface area contributed by atoms with Crippen LogP contribution in [-0.4, -0.2) is 41.7 Å². The molecule has 0 aliphatic heterocycles. The van der Waals surface area contributed by atoms with Crippen molar-refractivity contribution in [1.82, 2.24) is 5.32 Å². The lowest BCUT2D eigenvalue weighted by Crippen LogP contribution is -2.39. The van der Waals surface area contributed by atoms with E-state index in [1.165, 1.54) is 13.2 Å². The molecule has 1 aromatic rings. The van der Waals surface area contributed by atoms with Gasteiger partial charge in [0.05, 0.1) is 12.7 Å². The van der Waals surface area contributed by atoms with Crippen LogP contribution in [0.25, 0.3) is 0 Å². The molecule has 2 atom stereocenters. The first-order chi connectivity index (χ1) is 11.3. The second kappa shape index (κ2) is 7.92. The zero-order valence-corrected chi connectivity index (χ0v) is 14.3. The minimum atomic E-state index is -4.75. The summed E-state index contributed by atoms with van der Waals surface area (Å²) in [6, 6.07) is 2.98. The van der Waals surface area contributed by atoms with Crippen LogP contribution in [0.5, 0.6) is 5.75 Å². The lowest BCUT2D eigenvalue weighted by molar-refractivity contribution is -0.140. The van der Waals surface area contributed by atoms with Gasteiger partial charge in [0.2, 0.25) is 0 Å². The predicted molar refractivity (Wildman–Crippen MR) is 83.2 cm³/mol. The average Bonchev–Trinajstić information content (AvgIpc) is 2.48. The normalized spacial score (nSPS) is 14.6. The van der Waals surface area contributed by atoms with Crippen LogP contribution in [0.3, 0.4) is 0 Å². The van der Waals surface area contributed by atoms with Gasteiger partial charge in [-0.3, -0.25) is 0 Å². The maximum absolute atomic E-state index is 13.2. The fraction of sp³-hybridized carbons (Fsp3) is 0.562. The maximum atomic E-state index is 13.2. The molecule has 0 saturated carbocycles. The van der Waals surface area contributed by atoms with E-state index in [4.69, 9.17) is 9.47 Å². The summed E-state index contributed by atoms with van der Waals surface area (Å²) in [5.74, 6) is -0.0374. The zero-order valence-electron chi connectivity index (χ0n) is 14.3. The molecule has 0 radical (unpaired) electrons. The van der Waals surface area contributed by atoms with Crippen LogP contribution >= 0.6 is 0 Å². The Morgan fingerprint density at radius 1 is 1.24 bits per heavy atom. The Morgan fingerprint density at radius 2 is 1.84 bits per heavy atom. The molecule has 1 aromatic carbocycles. The van der Waals surface area contributed by atoms with Crippen molar-refractivity contribution in [2.24, 2.45) is 0 Å². The molecule has 0 aliphatic rings. The van der Waals surface area contributed by atoms with Crippen LogP contribution in [-0.2, 0) is 10.9 Å². The molecule has 2 unspecified atom stereocenters. The van der Waals surface area contributed by atoms with Gasteiger partial charge in [-0.05, 0) is 38.5 Å². The standard InChI is InChI=1S/C16H22F3NO5/c1-15(2,3)25-14(23)20-8-12(21)13(22)10-6-5-9(24-4)7-11(10)16(17,18)19/h5-7,12-13,21-22H,8H2,1-4H3,(H,20,23). The third-order valence-corrected chi connectivity index (χ3v) is 3.10. The zero-order chi connectivity index (χ0) is 19.4. The number of benzene rings is 1. The Bertz CT molecular complexity index is 598. The molecule has 0 heterocycles. The summed E-state index contributed by atoms with van der Waals surface area (Å²) in [6.07, 6.45) is -9.13. The number of aliphatic hydroxyl groups excluding tert-OH is 2. The summed E-state index contributed by atoms with van der Waals surface area (Å²) in [5.41, 5.74) is -2.42. The summed E-state index contributed by atoms with van der Waals surface area (Å²) in [4.78, 5) is 11.5. The number of halogens is 3. The third kappa shape index (κ3) is 6.43. The van der Waals surface area contributed by atoms with Gasteiger partial charge in [-0.1, -0.05) is 6.07 Å². The number of hydrogen-bond donors (Lipinski definition) is 3. The molecule has 0 fully saturated rings. The van der Waals surface area contributed by atoms with E-state index in [0.717, 1.165) is 12.1 Å². The van der Waals surface area contributed by atoms with E-state index in [2.05, 4.69) is 5.32 Å². The number of carbonyl (C=O) groups is 1. The van der Waals surface area contributed by atoms with Crippen molar-refractivity contribution in [3.63, 3.8) is 0 Å². The monoisotopic (exact) mass is 365 g/mol. The number of alkyl carbamates (subject to hydrolysis) is 1. The molecule has 6 nitrogen and oxygen atoms in total. The SMILES string of the molecule is COc1ccc(C(O)C(O)CNC(=O)OC(C)(C)C)c(C(F)(F)F)c1. The summed E-state index contributed by atoms with van der Waals surface area (Å²) in [7, 11) is 1.21. The summed E-state index contributed by atoms with van der Waals surface area (Å²) in [5, 5.41) is 22.2. The molecule has 0 saturated heterocycles. The van der Waals surface area contributed by atoms with Crippen molar-refractivity contribution in [3.8, 4) is 5.75 Å². The minimum absolute atomic E-state index is 0.0374. The predicted octanol–water partition coefficient (Wildman–Crippen LogP) is 2.63. The molecule has 0 spiro atoms. The molecular formula is C16H22F3NO5. The van der Waals surface area contributed by atoms with E-state index >= 15 is 0 Å². The number of ether oxygens (including phenoxy) is 2. The fourth-order valence-corrected chi connectivity index (χ4v) is 1.99. The van der Waals surface area contributed by atoms with Gasteiger partial charge in [-0.25, -0.2) is 4.79 Å². The quantitative estimate of drug-likeness (QED) is 0.747. The lowest BCUT2D eigenvalue weighted by atomic mass is 9.97. The first-order valence-corrected chi connectivity index (χ1v) is 7.43. The van der Waals surface area contributed by atoms with Gasteiger partial charge in [0, 0.05) is 6.54 Å². The second-order valence-electron chi connectivity index (χ2n) is 6.35. The molecular weight excluding hydrogens is 343 g/mol. The topological polar surface area (TPSA) is 88.0 Å². The highest BCUT2D eigenvalue weighted by Crippen LogP contribution is 2.37. The molecule has 0 bridgehead atoms. The smallest absolute Gasteiger partial charge is 0.416 e. The molecule has 25 heavy (non-hydrogen) atoms. The molecule has 3 N–H and O–H groups in total. The summed E-state index contributed by atoms with van der Waals surface area (Å²) in [6.45, 7) is 4.40. The van der Waals surface area contributed by atoms with Gasteiger partial charge in [-0.2, -0.15) is 13.2 Å². The lowest BCUT2D eigenvalue weighted by Gasteiger charge is -2.24. The van der Waals surface area contributed by atoms with Gasteiger partial charge in [0.1, 0.15) is 23.6 Å². The van der Waals surface area contributed by atoms with Crippen LogP contribution in [0.15, 0.2) is 18.2 Å². The van der Waals surface area contributed by atoms with Gasteiger partial charge in [0.15, 0.2) is 0 Å². The first kappa shape index (κ1) is 21.0. The van der Waals surface area contributed by atoms with E-state index in [0.29, 0.717) is 0 Å². The molecule has 1 amide bonds. The Morgan fingerprint density at radius 3 is 2.32 bits per heavy atom. The van der Waals surface area contributed by atoms with E-state index in [1.54, 1.807) is 20.8 Å². The van der Waals surface area contributed by atoms with Crippen LogP contribution in [0.2, 0.25) is 0 Å². The number of methoxy groups -OCH3 is 1. The molecule has 1 rings (SSSR count). The highest BCUT2D eigenvalue weighted by molar-refractivity contribution is 5.67. The largest absolute Gasteiger partial charge is 0.497 e. The summed E-state index contributed by atoms with van der Waals surface area (Å²) >= 11 is 0. The molecule has 9 heteroatoms. The van der Waals surface area contributed by atoms with Crippen LogP contribution in [0.1, 0.15) is 38.0 Å². The number of aliphatic hydroxyl groups is 2. The second-order valence-corrected chi connectivity index (χ2v) is 6.35. The van der Waals surface area contributed by atoms with E-state index in [-0.39, 0.29) is 5.75 Å². The third-order valence-electron chi connectivity index (χ3n) is 3.10. The van der Waals surface area contributed by atoms with Crippen molar-refractivity contribution in [1.29, 1.82) is 0 Å². The van der Waals surface area contributed by atoms with Crippen molar-refractivity contribution in [2.75, 3.05) is 13.7 Å². The van der Waals surface area contributed by atoms with Gasteiger partial charge in [0.25, 0.3) is 0 Å². The van der Waals surface area contributed by atoms with E-state index < -0.39 is 47.8 Å². The number of hydrogen-bond acceptors (Lipinski definition) is 5. The molecule has 142 valence electrons. The Balaban J connectivity index is 2.88. The Labute approximate surface area is 143 Å². The van der Waals surface area contributed by atoms with Crippen molar-refractivity contribution < 1.29 is 37.7 Å². The number of carbonyl (C=O) groups excluding carboxylic acids is 1. The highest BCUT2D eigenvalue weighted by atomic mass is 19.4. The van der Waals surface area contributed by atoms with E-state index in [9.17, 15) is 28.2 Å². The number of rotatable bonds is 5. The van der Waals surface area contributed by atoms with Crippen LogP contribution in [0.4, 0.5) is 18.0 Å². The van der Waals surface area contributed by atoms with Crippen molar-refractivity contribution in [2.45, 2.75) is 44.8 Å². The maximum Gasteiger partial charge on any atom is 0.416 e. The number of alkyl halides is 3. The average molecular weight is 365 g/mol. The van der Waals surface area contributed by atoms with Gasteiger partial charge >= 0.3 is 12.3 Å². The Kier molecular flexibility index (Phi) is 6.67. The van der Waals surface area contributed by atoms with Crippen LogP contribution in [0, 0.1) is 0 Å². The van der Waals surface area contributed by atoms with Gasteiger partial charge in [-0.15, -0.1) is 0 Å². The molecule has 0 aromatic heterocycles. The van der Waals surface area contributed by atoms with Crippen LogP contribution < -0.4 is 10.1 Å². The van der Waals surface area contributed by atoms with Crippen molar-refractivity contribution >= 4 is 6.09 Å². The van der Waals surface area contributed by atoms with Crippen molar-refractivity contribution in [3.05, 3.63) is 29.3 Å². The number of nitrogens with one attached hydrogen (secondary N) is 1. The summed E-state index contributed by atoms with van der Waals surface area (Å²) < 4.78 is 49.1. The highest BCUT2D eigenvalue weighted by Gasteiger charge is 2.37. The minimum Gasteiger partial charge on any atom is -0.497 e. The molecule has 0 aliphatic carbocycles. The first-order valence-electron chi connectivity index (χ1n) is 7.43. The fourth-order valence-electron chi connectivity index (χ4n) is 1.99. The van der Waals surface area contributed by atoms with Gasteiger partial charge < -0.3 is 25.0 Å².